The second-order valence-electron chi connectivity index (χ2n) is 7.49. The van der Waals surface area contributed by atoms with Gasteiger partial charge in [0.05, 0.1) is 7.11 Å². The van der Waals surface area contributed by atoms with Crippen molar-refractivity contribution < 1.29 is 9.53 Å². The molecule has 29 heavy (non-hydrogen) atoms. The summed E-state index contributed by atoms with van der Waals surface area (Å²) in [4.78, 5) is 10.4. The molecule has 0 aliphatic rings. The number of methoxy groups -OCH3 is 1. The molecule has 0 N–H and O–H groups in total. The molecule has 0 atom stereocenters. The molecule has 0 bridgehead atoms. The molecule has 5 heteroatoms. The summed E-state index contributed by atoms with van der Waals surface area (Å²) >= 11 is 14.6. The first-order valence-electron chi connectivity index (χ1n) is 9.65. The van der Waals surface area contributed by atoms with Crippen LogP contribution in [0.5, 0.6) is 0 Å². The van der Waals surface area contributed by atoms with E-state index in [-0.39, 0.29) is 0 Å². The van der Waals surface area contributed by atoms with E-state index in [1.165, 1.54) is 27.6 Å². The maximum atomic E-state index is 8.95. The molecule has 1 heterocycles. The van der Waals surface area contributed by atoms with Gasteiger partial charge in [-0.2, -0.15) is 0 Å². The zero-order valence-electron chi connectivity index (χ0n) is 18.0. The fourth-order valence-electron chi connectivity index (χ4n) is 2.83. The minimum absolute atomic E-state index is 0.299. The van der Waals surface area contributed by atoms with Crippen LogP contribution in [-0.4, -0.2) is 13.6 Å². The molecule has 0 radical (unpaired) electrons. The van der Waals surface area contributed by atoms with Crippen molar-refractivity contribution in [1.29, 1.82) is 0 Å². The second-order valence-corrected chi connectivity index (χ2v) is 9.47. The van der Waals surface area contributed by atoms with E-state index in [1.54, 1.807) is 0 Å². The van der Waals surface area contributed by atoms with E-state index in [2.05, 4.69) is 49.8 Å². The number of halogens is 2. The van der Waals surface area contributed by atoms with Gasteiger partial charge in [0.25, 0.3) is 6.47 Å². The Morgan fingerprint density at radius 2 is 1.59 bits per heavy atom. The number of hydrogen-bond donors (Lipinski definition) is 0. The lowest BCUT2D eigenvalue weighted by Crippen LogP contribution is -2.07. The minimum Gasteiger partial charge on any atom is -0.471 e. The van der Waals surface area contributed by atoms with Crippen molar-refractivity contribution in [2.75, 3.05) is 7.11 Å². The third-order valence-corrected chi connectivity index (χ3v) is 5.74. The molecule has 0 saturated heterocycles. The van der Waals surface area contributed by atoms with Crippen molar-refractivity contribution in [3.63, 3.8) is 0 Å². The highest BCUT2D eigenvalue weighted by Gasteiger charge is 2.15. The summed E-state index contributed by atoms with van der Waals surface area (Å²) < 4.78 is 5.20. The number of carbonyl (C=O) groups excluding carboxylic acids is 1. The van der Waals surface area contributed by atoms with Crippen LogP contribution in [0.15, 0.2) is 42.5 Å². The summed E-state index contributed by atoms with van der Waals surface area (Å²) in [6.45, 7) is 11.2. The van der Waals surface area contributed by atoms with Crippen molar-refractivity contribution in [1.82, 2.24) is 0 Å². The van der Waals surface area contributed by atoms with Gasteiger partial charge in [-0.25, -0.2) is 0 Å². The SMILES string of the molecule is CC.CC(C)(C)Cc1cc2c(Cc3c(Cl)cccc3Cl)cccc2s1.COC=O. The first-order chi connectivity index (χ1) is 13.7. The minimum atomic E-state index is 0.299. The van der Waals surface area contributed by atoms with E-state index in [9.17, 15) is 0 Å². The number of thiophene rings is 1. The van der Waals surface area contributed by atoms with Crippen LogP contribution in [0.3, 0.4) is 0 Å². The van der Waals surface area contributed by atoms with Gasteiger partial charge in [-0.15, -0.1) is 11.3 Å². The fourth-order valence-corrected chi connectivity index (χ4v) is 4.77. The van der Waals surface area contributed by atoms with Gasteiger partial charge in [-0.3, -0.25) is 4.79 Å². The van der Waals surface area contributed by atoms with Gasteiger partial charge in [-0.1, -0.05) is 76.0 Å². The summed E-state index contributed by atoms with van der Waals surface area (Å²) in [6, 6.07) is 14.5. The normalized spacial score (nSPS) is 10.5. The quantitative estimate of drug-likeness (QED) is 0.372. The molecule has 0 spiro atoms. The third kappa shape index (κ3) is 8.00. The monoisotopic (exact) mass is 452 g/mol. The summed E-state index contributed by atoms with van der Waals surface area (Å²) in [5.74, 6) is 0. The van der Waals surface area contributed by atoms with Gasteiger partial charge < -0.3 is 4.74 Å². The molecule has 3 rings (SSSR count). The Kier molecular flexibility index (Phi) is 10.7. The number of fused-ring (bicyclic) bond motifs is 1. The second kappa shape index (κ2) is 12.2. The molecule has 2 nitrogen and oxygen atoms in total. The van der Waals surface area contributed by atoms with E-state index in [4.69, 9.17) is 28.0 Å². The van der Waals surface area contributed by atoms with Crippen LogP contribution in [0, 0.1) is 5.41 Å². The third-order valence-electron chi connectivity index (χ3n) is 3.93. The Bertz CT molecular complexity index is 891. The van der Waals surface area contributed by atoms with Crippen LogP contribution in [0.4, 0.5) is 0 Å². The molecule has 0 aliphatic heterocycles. The van der Waals surface area contributed by atoms with Crippen molar-refractivity contribution >= 4 is 51.1 Å². The Balaban J connectivity index is 0.000000627. The number of ether oxygens (including phenoxy) is 1. The van der Waals surface area contributed by atoms with E-state index in [0.717, 1.165) is 28.5 Å². The first kappa shape index (κ1) is 25.5. The van der Waals surface area contributed by atoms with Crippen molar-refractivity contribution in [2.45, 2.75) is 47.5 Å². The number of carbonyl (C=O) groups is 1. The smallest absolute Gasteiger partial charge is 0.292 e. The van der Waals surface area contributed by atoms with Crippen LogP contribution in [0.2, 0.25) is 10.0 Å². The maximum absolute atomic E-state index is 8.95. The molecule has 0 aliphatic carbocycles. The zero-order chi connectivity index (χ0) is 22.0. The van der Waals surface area contributed by atoms with Crippen LogP contribution < -0.4 is 0 Å². The standard InChI is InChI=1S/C20H20Cl2S.C2H4O2.C2H6/c1-20(2,3)12-14-11-15-13(6-4-9-19(15)23-14)10-16-17(21)7-5-8-18(16)22;1-4-2-3;1-2/h4-9,11H,10,12H2,1-3H3;2H,1H3;1-2H3. The van der Waals surface area contributed by atoms with Gasteiger partial charge in [0.2, 0.25) is 0 Å². The van der Waals surface area contributed by atoms with Crippen molar-refractivity contribution in [3.8, 4) is 0 Å². The fraction of sp³-hybridized carbons (Fsp3) is 0.375. The Hall–Kier alpha value is -1.55. The summed E-state index contributed by atoms with van der Waals surface area (Å²) in [6.07, 6.45) is 1.86. The highest BCUT2D eigenvalue weighted by molar-refractivity contribution is 7.19. The van der Waals surface area contributed by atoms with Crippen molar-refractivity contribution in [2.24, 2.45) is 5.41 Å². The lowest BCUT2D eigenvalue weighted by molar-refractivity contribution is -0.126. The highest BCUT2D eigenvalue weighted by Crippen LogP contribution is 2.35. The molecule has 1 aromatic heterocycles. The van der Waals surface area contributed by atoms with Crippen LogP contribution >= 0.6 is 34.5 Å². The molecule has 0 amide bonds. The van der Waals surface area contributed by atoms with E-state index < -0.39 is 0 Å². The predicted octanol–water partition coefficient (Wildman–Crippen LogP) is 8.20. The summed E-state index contributed by atoms with van der Waals surface area (Å²) in [5, 5.41) is 2.80. The van der Waals surface area contributed by atoms with Gasteiger partial charge in [0, 0.05) is 26.0 Å². The maximum Gasteiger partial charge on any atom is 0.292 e. The number of benzene rings is 2. The molecular weight excluding hydrogens is 423 g/mol. The lowest BCUT2D eigenvalue weighted by Gasteiger charge is -2.16. The van der Waals surface area contributed by atoms with Crippen molar-refractivity contribution in [3.05, 3.63) is 68.5 Å². The summed E-state index contributed by atoms with van der Waals surface area (Å²) in [5.41, 5.74) is 2.59. The number of hydrogen-bond acceptors (Lipinski definition) is 3. The average Bonchev–Trinajstić information content (AvgIpc) is 3.08. The van der Waals surface area contributed by atoms with E-state index in [0.29, 0.717) is 11.9 Å². The molecule has 2 aromatic carbocycles. The Morgan fingerprint density at radius 1 is 1.03 bits per heavy atom. The van der Waals surface area contributed by atoms with Crippen LogP contribution in [-0.2, 0) is 22.4 Å². The first-order valence-corrected chi connectivity index (χ1v) is 11.2. The van der Waals surface area contributed by atoms with E-state index in [1.807, 2.05) is 43.4 Å². The van der Waals surface area contributed by atoms with Gasteiger partial charge in [0.1, 0.15) is 0 Å². The zero-order valence-corrected chi connectivity index (χ0v) is 20.3. The molecule has 3 aromatic rings. The number of rotatable bonds is 4. The van der Waals surface area contributed by atoms with Crippen LogP contribution in [0.1, 0.15) is 50.6 Å². The molecule has 158 valence electrons. The predicted molar refractivity (Wildman–Crippen MR) is 129 cm³/mol. The lowest BCUT2D eigenvalue weighted by atomic mass is 9.91. The highest BCUT2D eigenvalue weighted by atomic mass is 35.5. The largest absolute Gasteiger partial charge is 0.471 e. The molecule has 0 saturated carbocycles. The van der Waals surface area contributed by atoms with Gasteiger partial charge in [0.15, 0.2) is 0 Å². The van der Waals surface area contributed by atoms with Gasteiger partial charge in [-0.05, 0) is 52.6 Å². The van der Waals surface area contributed by atoms with Crippen LogP contribution in [0.25, 0.3) is 10.1 Å². The molecule has 0 fully saturated rings. The topological polar surface area (TPSA) is 26.3 Å². The summed E-state index contributed by atoms with van der Waals surface area (Å²) in [7, 11) is 1.31. The molecule has 0 unspecified atom stereocenters. The van der Waals surface area contributed by atoms with E-state index >= 15 is 0 Å². The van der Waals surface area contributed by atoms with Gasteiger partial charge >= 0.3 is 0 Å². The average molecular weight is 453 g/mol. The molecular formula is C24H30Cl2O2S. The Labute approximate surface area is 188 Å². The Morgan fingerprint density at radius 3 is 2.10 bits per heavy atom.